The maximum absolute atomic E-state index is 14.6. The minimum absolute atomic E-state index is 0.0263. The molecule has 8 N–H and O–H groups in total. The molecule has 13 heteroatoms. The van der Waals surface area contributed by atoms with Gasteiger partial charge in [-0.05, 0) is 92.8 Å². The molecule has 56 heavy (non-hydrogen) atoms. The van der Waals surface area contributed by atoms with Crippen LogP contribution in [0.4, 0.5) is 8.78 Å². The molecule has 2 rings (SSSR count). The van der Waals surface area contributed by atoms with Gasteiger partial charge in [-0.3, -0.25) is 19.2 Å². The highest BCUT2D eigenvalue weighted by molar-refractivity contribution is 5.87. The smallest absolute Gasteiger partial charge is 0.248 e. The zero-order valence-electron chi connectivity index (χ0n) is 35.0. The quantitative estimate of drug-likeness (QED) is 0.0814. The molecule has 0 saturated carbocycles. The fourth-order valence-electron chi connectivity index (χ4n) is 6.00. The summed E-state index contributed by atoms with van der Waals surface area (Å²) >= 11 is 0. The maximum atomic E-state index is 14.6. The predicted molar refractivity (Wildman–Crippen MR) is 222 cm³/mol. The number of benzene rings is 2. The van der Waals surface area contributed by atoms with Gasteiger partial charge in [0.15, 0.2) is 0 Å². The third kappa shape index (κ3) is 19.4. The van der Waals surface area contributed by atoms with Crippen LogP contribution in [-0.2, 0) is 25.6 Å². The largest absolute Gasteiger partial charge is 0.387 e. The van der Waals surface area contributed by atoms with E-state index in [2.05, 4.69) is 47.1 Å². The van der Waals surface area contributed by atoms with Crippen molar-refractivity contribution in [2.45, 2.75) is 113 Å². The first-order valence-electron chi connectivity index (χ1n) is 19.5. The summed E-state index contributed by atoms with van der Waals surface area (Å²) in [4.78, 5) is 51.2. The van der Waals surface area contributed by atoms with E-state index in [0.29, 0.717) is 30.5 Å². The summed E-state index contributed by atoms with van der Waals surface area (Å²) in [5, 5.41) is 17.8. The van der Waals surface area contributed by atoms with Crippen molar-refractivity contribution in [2.24, 2.45) is 16.9 Å². The first-order valence-corrected chi connectivity index (χ1v) is 19.5. The fourth-order valence-corrected chi connectivity index (χ4v) is 6.00. The molecule has 3 atom stereocenters. The van der Waals surface area contributed by atoms with E-state index >= 15 is 0 Å². The summed E-state index contributed by atoms with van der Waals surface area (Å²) < 4.78 is 28.5. The van der Waals surface area contributed by atoms with Crippen LogP contribution >= 0.6 is 0 Å². The van der Waals surface area contributed by atoms with Crippen molar-refractivity contribution in [2.75, 3.05) is 32.8 Å². The van der Waals surface area contributed by atoms with E-state index in [4.69, 9.17) is 11.5 Å². The SMILES string of the molecule is C/C=C(\C=C(/C)C(N(CCC(N)C(=O)NCCNC(=O)C(CCCCN)NC(C)=O)C(=O)CO)C(C)(C)C)c1cc(F)ccc1F.CC.CCc1ccccc1. The lowest BCUT2D eigenvalue weighted by Gasteiger charge is -2.41. The molecule has 11 nitrogen and oxygen atoms in total. The molecule has 0 spiro atoms. The Morgan fingerprint density at radius 2 is 1.54 bits per heavy atom. The average molecular weight is 787 g/mol. The van der Waals surface area contributed by atoms with Gasteiger partial charge >= 0.3 is 0 Å². The Morgan fingerprint density at radius 3 is 2.04 bits per heavy atom. The number of allylic oxidation sites excluding steroid dienone is 3. The number of rotatable bonds is 19. The number of hydrogen-bond donors (Lipinski definition) is 6. The van der Waals surface area contributed by atoms with Crippen LogP contribution in [0.15, 0.2) is 66.3 Å². The van der Waals surface area contributed by atoms with Crippen LogP contribution in [-0.4, -0.2) is 84.5 Å². The number of amides is 4. The highest BCUT2D eigenvalue weighted by Crippen LogP contribution is 2.33. The third-order valence-electron chi connectivity index (χ3n) is 8.59. The Balaban J connectivity index is 0.00000263. The van der Waals surface area contributed by atoms with E-state index in [1.807, 2.05) is 40.7 Å². The van der Waals surface area contributed by atoms with Gasteiger partial charge in [-0.1, -0.05) is 84.0 Å². The summed E-state index contributed by atoms with van der Waals surface area (Å²) in [6.45, 7) is 16.6. The van der Waals surface area contributed by atoms with E-state index in [0.717, 1.165) is 31.0 Å². The minimum atomic E-state index is -1.01. The highest BCUT2D eigenvalue weighted by Gasteiger charge is 2.35. The van der Waals surface area contributed by atoms with E-state index < -0.39 is 53.6 Å². The molecule has 3 unspecified atom stereocenters. The maximum Gasteiger partial charge on any atom is 0.248 e. The fraction of sp³-hybridized carbons (Fsp3) is 0.535. The monoisotopic (exact) mass is 787 g/mol. The molecule has 0 aliphatic rings. The van der Waals surface area contributed by atoms with Gasteiger partial charge < -0.3 is 37.4 Å². The van der Waals surface area contributed by atoms with Crippen molar-refractivity contribution < 1.29 is 33.1 Å². The number of nitrogens with one attached hydrogen (secondary N) is 3. The van der Waals surface area contributed by atoms with Crippen LogP contribution < -0.4 is 27.4 Å². The van der Waals surface area contributed by atoms with Crippen LogP contribution in [0.5, 0.6) is 0 Å². The van der Waals surface area contributed by atoms with Crippen molar-refractivity contribution in [1.29, 1.82) is 0 Å². The molecule has 0 aromatic heterocycles. The topological polar surface area (TPSA) is 180 Å². The van der Waals surface area contributed by atoms with E-state index in [-0.39, 0.29) is 43.4 Å². The van der Waals surface area contributed by atoms with E-state index in [1.54, 1.807) is 26.0 Å². The number of carbonyl (C=O) groups excluding carboxylic acids is 4. The van der Waals surface area contributed by atoms with Gasteiger partial charge in [0.2, 0.25) is 23.6 Å². The number of aryl methyl sites for hydroxylation is 1. The third-order valence-corrected chi connectivity index (χ3v) is 8.59. The standard InChI is InChI=1S/C33H52F2N6O5.C8H10.C2H6/c1-7-23(25-19-24(34)11-12-26(25)35)18-21(2)30(33(4,5)6)41(29(44)20-42)17-13-27(37)31(45)38-15-16-39-32(46)28(40-22(3)43)10-8-9-14-36;1-2-8-6-4-3-5-7-8;1-2/h7,11-12,18-19,27-28,30,42H,8-10,13-17,20,36-37H2,1-6H3,(H,38,45)(H,39,46)(H,40,43);3-7H,2H2,1H3;1-2H3/b21-18+,23-7+;;. The van der Waals surface area contributed by atoms with Gasteiger partial charge in [-0.15, -0.1) is 0 Å². The Labute approximate surface area is 333 Å². The van der Waals surface area contributed by atoms with Gasteiger partial charge in [-0.2, -0.15) is 0 Å². The first-order chi connectivity index (χ1) is 26.5. The van der Waals surface area contributed by atoms with Gasteiger partial charge in [0.05, 0.1) is 12.1 Å². The van der Waals surface area contributed by atoms with Crippen molar-refractivity contribution in [3.63, 3.8) is 0 Å². The number of halogens is 2. The summed E-state index contributed by atoms with van der Waals surface area (Å²) in [5.41, 5.74) is 13.7. The van der Waals surface area contributed by atoms with Crippen LogP contribution in [0.25, 0.3) is 5.57 Å². The molecule has 2 aromatic carbocycles. The number of carbonyl (C=O) groups is 4. The van der Waals surface area contributed by atoms with Crippen molar-refractivity contribution >= 4 is 29.2 Å². The molecule has 0 fully saturated rings. The van der Waals surface area contributed by atoms with Crippen molar-refractivity contribution in [3.8, 4) is 0 Å². The molecule has 0 heterocycles. The molecule has 2 aromatic rings. The summed E-state index contributed by atoms with van der Waals surface area (Å²) in [6, 6.07) is 11.3. The lowest BCUT2D eigenvalue weighted by molar-refractivity contribution is -0.138. The summed E-state index contributed by atoms with van der Waals surface area (Å²) in [6.07, 6.45) is 6.35. The van der Waals surface area contributed by atoms with Crippen LogP contribution in [0, 0.1) is 17.0 Å². The Hall–Kier alpha value is -4.46. The number of hydrogen-bond acceptors (Lipinski definition) is 7. The number of nitrogens with two attached hydrogens (primary N) is 2. The normalized spacial score (nSPS) is 13.1. The molecule has 0 radical (unpaired) electrons. The van der Waals surface area contributed by atoms with E-state index in [9.17, 15) is 33.1 Å². The molecular formula is C43H68F2N6O5. The molecular weight excluding hydrogens is 719 g/mol. The van der Waals surface area contributed by atoms with E-state index in [1.165, 1.54) is 17.4 Å². The Kier molecular flexibility index (Phi) is 25.8. The average Bonchev–Trinajstić information content (AvgIpc) is 3.17. The number of nitrogens with zero attached hydrogens (tertiary/aromatic N) is 1. The molecule has 4 amide bonds. The number of aliphatic hydroxyl groups is 1. The molecule has 0 bridgehead atoms. The second-order valence-electron chi connectivity index (χ2n) is 14.1. The van der Waals surface area contributed by atoms with Gasteiger partial charge in [0.25, 0.3) is 0 Å². The summed E-state index contributed by atoms with van der Waals surface area (Å²) in [5.74, 6) is -2.97. The van der Waals surface area contributed by atoms with Crippen molar-refractivity contribution in [3.05, 3.63) is 89.0 Å². The van der Waals surface area contributed by atoms with Gasteiger partial charge in [0.1, 0.15) is 24.3 Å². The lowest BCUT2D eigenvalue weighted by Crippen LogP contribution is -2.52. The first kappa shape index (κ1) is 51.5. The molecule has 0 aliphatic carbocycles. The highest BCUT2D eigenvalue weighted by atomic mass is 19.1. The second kappa shape index (κ2) is 28.0. The molecule has 0 saturated heterocycles. The zero-order chi connectivity index (χ0) is 42.8. The van der Waals surface area contributed by atoms with Crippen LogP contribution in [0.3, 0.4) is 0 Å². The van der Waals surface area contributed by atoms with Gasteiger partial charge in [-0.25, -0.2) is 8.78 Å². The van der Waals surface area contributed by atoms with Crippen LogP contribution in [0.1, 0.15) is 99.1 Å². The predicted octanol–water partition coefficient (Wildman–Crippen LogP) is 5.41. The minimum Gasteiger partial charge on any atom is -0.387 e. The Bertz CT molecular complexity index is 1540. The molecule has 0 aliphatic heterocycles. The lowest BCUT2D eigenvalue weighted by atomic mass is 9.80. The number of aliphatic hydroxyl groups excluding tert-OH is 1. The summed E-state index contributed by atoms with van der Waals surface area (Å²) in [7, 11) is 0. The molecule has 314 valence electrons. The number of unbranched alkanes of at least 4 members (excludes halogenated alkanes) is 1. The van der Waals surface area contributed by atoms with Crippen LogP contribution in [0.2, 0.25) is 0 Å². The Morgan fingerprint density at radius 1 is 0.929 bits per heavy atom. The second-order valence-corrected chi connectivity index (χ2v) is 14.1. The zero-order valence-corrected chi connectivity index (χ0v) is 35.0. The van der Waals surface area contributed by atoms with Crippen molar-refractivity contribution in [1.82, 2.24) is 20.9 Å². The van der Waals surface area contributed by atoms with Gasteiger partial charge in [0, 0.05) is 32.1 Å².